The van der Waals surface area contributed by atoms with Crippen molar-refractivity contribution in [1.82, 2.24) is 5.32 Å². The fourth-order valence-corrected chi connectivity index (χ4v) is 2.75. The second-order valence-corrected chi connectivity index (χ2v) is 5.90. The topological polar surface area (TPSA) is 86.6 Å². The summed E-state index contributed by atoms with van der Waals surface area (Å²) in [4.78, 5) is 22.7. The van der Waals surface area contributed by atoms with Gasteiger partial charge in [-0.25, -0.2) is 0 Å². The highest BCUT2D eigenvalue weighted by Gasteiger charge is 2.50. The Hall–Kier alpha value is -1.10. The van der Waals surface area contributed by atoms with E-state index in [0.29, 0.717) is 12.3 Å². The van der Waals surface area contributed by atoms with Gasteiger partial charge >= 0.3 is 5.97 Å². The molecule has 2 unspecified atom stereocenters. The zero-order valence-corrected chi connectivity index (χ0v) is 10.7. The summed E-state index contributed by atoms with van der Waals surface area (Å²) < 4.78 is 0. The predicted molar refractivity (Wildman–Crippen MR) is 64.8 cm³/mol. The lowest BCUT2D eigenvalue weighted by molar-refractivity contribution is -0.140. The van der Waals surface area contributed by atoms with Gasteiger partial charge in [-0.2, -0.15) is 0 Å². The minimum atomic E-state index is -0.898. The van der Waals surface area contributed by atoms with Crippen LogP contribution < -0.4 is 5.32 Å². The molecule has 0 saturated heterocycles. The van der Waals surface area contributed by atoms with Crippen molar-refractivity contribution in [2.24, 2.45) is 17.8 Å². The third-order valence-electron chi connectivity index (χ3n) is 4.37. The van der Waals surface area contributed by atoms with Crippen molar-refractivity contribution in [2.75, 3.05) is 6.61 Å². The Bertz CT molecular complexity index is 347. The minimum absolute atomic E-state index is 0.0596. The second kappa shape index (κ2) is 4.88. The van der Waals surface area contributed by atoms with Crippen LogP contribution in [-0.2, 0) is 9.59 Å². The van der Waals surface area contributed by atoms with E-state index in [-0.39, 0.29) is 12.5 Å². The smallest absolute Gasteiger partial charge is 0.307 e. The number of aliphatic hydroxyl groups is 1. The lowest BCUT2D eigenvalue weighted by atomic mass is 9.77. The zero-order valence-electron chi connectivity index (χ0n) is 10.7. The van der Waals surface area contributed by atoms with Crippen LogP contribution >= 0.6 is 0 Å². The van der Waals surface area contributed by atoms with Crippen LogP contribution in [0, 0.1) is 17.8 Å². The first-order valence-corrected chi connectivity index (χ1v) is 6.63. The van der Waals surface area contributed by atoms with Crippen LogP contribution in [0.25, 0.3) is 0 Å². The molecule has 0 aromatic heterocycles. The lowest BCUT2D eigenvalue weighted by Crippen LogP contribution is -2.54. The van der Waals surface area contributed by atoms with Crippen molar-refractivity contribution in [3.05, 3.63) is 0 Å². The van der Waals surface area contributed by atoms with Gasteiger partial charge in [0.2, 0.25) is 5.91 Å². The number of carboxylic acid groups (broad SMARTS) is 1. The SMILES string of the molecule is CC1CCC(CO)(NC(=O)C2CC2C(=O)O)CC1. The maximum Gasteiger partial charge on any atom is 0.307 e. The molecule has 5 nitrogen and oxygen atoms in total. The van der Waals surface area contributed by atoms with E-state index < -0.39 is 23.3 Å². The molecule has 18 heavy (non-hydrogen) atoms. The van der Waals surface area contributed by atoms with Crippen molar-refractivity contribution in [3.63, 3.8) is 0 Å². The van der Waals surface area contributed by atoms with Gasteiger partial charge in [-0.05, 0) is 38.0 Å². The molecule has 0 aliphatic heterocycles. The highest BCUT2D eigenvalue weighted by atomic mass is 16.4. The van der Waals surface area contributed by atoms with E-state index in [4.69, 9.17) is 5.11 Å². The first-order chi connectivity index (χ1) is 8.47. The highest BCUT2D eigenvalue weighted by Crippen LogP contribution is 2.40. The number of aliphatic carboxylic acids is 1. The van der Waals surface area contributed by atoms with Crippen LogP contribution in [0.2, 0.25) is 0 Å². The summed E-state index contributed by atoms with van der Waals surface area (Å²) in [5, 5.41) is 21.2. The summed E-state index contributed by atoms with van der Waals surface area (Å²) in [5.74, 6) is -1.39. The monoisotopic (exact) mass is 255 g/mol. The number of carboxylic acids is 1. The van der Waals surface area contributed by atoms with Crippen LogP contribution in [0.5, 0.6) is 0 Å². The molecule has 3 N–H and O–H groups in total. The average Bonchev–Trinajstić information content (AvgIpc) is 3.13. The molecule has 1 amide bonds. The first-order valence-electron chi connectivity index (χ1n) is 6.63. The van der Waals surface area contributed by atoms with E-state index in [9.17, 15) is 14.7 Å². The molecule has 0 radical (unpaired) electrons. The van der Waals surface area contributed by atoms with E-state index in [2.05, 4.69) is 12.2 Å². The molecule has 2 aliphatic carbocycles. The van der Waals surface area contributed by atoms with E-state index in [0.717, 1.165) is 25.7 Å². The van der Waals surface area contributed by atoms with Gasteiger partial charge in [0.05, 0.1) is 24.0 Å². The number of carbonyl (C=O) groups is 2. The largest absolute Gasteiger partial charge is 0.481 e. The van der Waals surface area contributed by atoms with Gasteiger partial charge in [-0.3, -0.25) is 9.59 Å². The average molecular weight is 255 g/mol. The molecule has 0 heterocycles. The molecule has 2 aliphatic rings. The Balaban J connectivity index is 1.91. The fourth-order valence-electron chi connectivity index (χ4n) is 2.75. The molecule has 0 aromatic carbocycles. The van der Waals surface area contributed by atoms with Crippen LogP contribution in [0.3, 0.4) is 0 Å². The molecular formula is C13H21NO4. The Labute approximate surface area is 107 Å². The Morgan fingerprint density at radius 1 is 1.28 bits per heavy atom. The van der Waals surface area contributed by atoms with Crippen LogP contribution in [0.4, 0.5) is 0 Å². The number of amides is 1. The molecule has 0 bridgehead atoms. The maximum absolute atomic E-state index is 11.9. The first kappa shape index (κ1) is 13.3. The molecule has 0 aromatic rings. The summed E-state index contributed by atoms with van der Waals surface area (Å²) in [6, 6.07) is 0. The van der Waals surface area contributed by atoms with E-state index in [1.54, 1.807) is 0 Å². The summed E-state index contributed by atoms with van der Waals surface area (Å²) in [6.45, 7) is 2.11. The normalized spacial score (nSPS) is 39.1. The third kappa shape index (κ3) is 2.66. The van der Waals surface area contributed by atoms with Crippen molar-refractivity contribution in [1.29, 1.82) is 0 Å². The summed E-state index contributed by atoms with van der Waals surface area (Å²) in [6.07, 6.45) is 3.97. The van der Waals surface area contributed by atoms with Gasteiger partial charge in [0.1, 0.15) is 0 Å². The predicted octanol–water partition coefficient (Wildman–Crippen LogP) is 0.764. The number of aliphatic hydroxyl groups excluding tert-OH is 1. The van der Waals surface area contributed by atoms with Gasteiger partial charge < -0.3 is 15.5 Å². The summed E-state index contributed by atoms with van der Waals surface area (Å²) >= 11 is 0. The molecule has 2 fully saturated rings. The maximum atomic E-state index is 11.9. The number of hydrogen-bond donors (Lipinski definition) is 3. The molecular weight excluding hydrogens is 234 g/mol. The molecule has 2 rings (SSSR count). The van der Waals surface area contributed by atoms with Crippen LogP contribution in [0.1, 0.15) is 39.0 Å². The molecule has 102 valence electrons. The third-order valence-corrected chi connectivity index (χ3v) is 4.37. The Kier molecular flexibility index (Phi) is 3.61. The van der Waals surface area contributed by atoms with Gasteiger partial charge in [-0.15, -0.1) is 0 Å². The minimum Gasteiger partial charge on any atom is -0.481 e. The molecule has 2 saturated carbocycles. The number of hydrogen-bond acceptors (Lipinski definition) is 3. The quantitative estimate of drug-likeness (QED) is 0.692. The van der Waals surface area contributed by atoms with Gasteiger partial charge in [0, 0.05) is 0 Å². The van der Waals surface area contributed by atoms with Crippen molar-refractivity contribution in [2.45, 2.75) is 44.6 Å². The van der Waals surface area contributed by atoms with Gasteiger partial charge in [0.15, 0.2) is 0 Å². The highest BCUT2D eigenvalue weighted by molar-refractivity contribution is 5.89. The lowest BCUT2D eigenvalue weighted by Gasteiger charge is -2.38. The Morgan fingerprint density at radius 2 is 1.89 bits per heavy atom. The zero-order chi connectivity index (χ0) is 13.3. The number of carbonyl (C=O) groups excluding carboxylic acids is 1. The van der Waals surface area contributed by atoms with E-state index in [1.807, 2.05) is 0 Å². The van der Waals surface area contributed by atoms with E-state index >= 15 is 0 Å². The van der Waals surface area contributed by atoms with Crippen molar-refractivity contribution < 1.29 is 19.8 Å². The summed E-state index contributed by atoms with van der Waals surface area (Å²) in [7, 11) is 0. The van der Waals surface area contributed by atoms with Gasteiger partial charge in [0.25, 0.3) is 0 Å². The van der Waals surface area contributed by atoms with Crippen LogP contribution in [-0.4, -0.2) is 34.2 Å². The number of rotatable bonds is 4. The standard InChI is InChI=1S/C13H21NO4/c1-8-2-4-13(7-15,5-3-8)14-11(16)9-6-10(9)12(17)18/h8-10,15H,2-7H2,1H3,(H,14,16)(H,17,18). The number of nitrogens with one attached hydrogen (secondary N) is 1. The van der Waals surface area contributed by atoms with Crippen LogP contribution in [0.15, 0.2) is 0 Å². The van der Waals surface area contributed by atoms with Crippen molar-refractivity contribution >= 4 is 11.9 Å². The Morgan fingerprint density at radius 3 is 2.33 bits per heavy atom. The molecule has 0 spiro atoms. The molecule has 2 atom stereocenters. The van der Waals surface area contributed by atoms with Gasteiger partial charge in [-0.1, -0.05) is 6.92 Å². The molecule has 5 heteroatoms. The van der Waals surface area contributed by atoms with E-state index in [1.165, 1.54) is 0 Å². The second-order valence-electron chi connectivity index (χ2n) is 5.90. The summed E-state index contributed by atoms with van der Waals surface area (Å²) in [5.41, 5.74) is -0.519. The fraction of sp³-hybridized carbons (Fsp3) is 0.846. The van der Waals surface area contributed by atoms with Crippen molar-refractivity contribution in [3.8, 4) is 0 Å².